The average molecular weight is 402 g/mol. The van der Waals surface area contributed by atoms with Crippen LogP contribution in [-0.2, 0) is 23.9 Å². The highest BCUT2D eigenvalue weighted by atomic mass is 16.5. The molecular formula is C21H26N2O6. The minimum absolute atomic E-state index is 0.306. The van der Waals surface area contributed by atoms with Gasteiger partial charge in [0, 0.05) is 0 Å². The molecule has 0 unspecified atom stereocenters. The number of amides is 3. The minimum atomic E-state index is -1.05. The van der Waals surface area contributed by atoms with Crippen LogP contribution in [-0.4, -0.2) is 47.8 Å². The van der Waals surface area contributed by atoms with E-state index in [1.807, 2.05) is 6.92 Å². The summed E-state index contributed by atoms with van der Waals surface area (Å²) < 4.78 is 10.5. The molecule has 0 aromatic heterocycles. The van der Waals surface area contributed by atoms with Crippen LogP contribution in [0, 0.1) is 11.8 Å². The predicted octanol–water partition coefficient (Wildman–Crippen LogP) is 2.13. The summed E-state index contributed by atoms with van der Waals surface area (Å²) in [5.41, 5.74) is 0.470. The molecule has 3 rings (SSSR count). The first-order valence-corrected chi connectivity index (χ1v) is 9.99. The van der Waals surface area contributed by atoms with E-state index in [2.05, 4.69) is 5.32 Å². The zero-order chi connectivity index (χ0) is 21.0. The van der Waals surface area contributed by atoms with E-state index in [0.717, 1.165) is 17.7 Å². The Labute approximate surface area is 169 Å². The Morgan fingerprint density at radius 2 is 1.76 bits per heavy atom. The van der Waals surface area contributed by atoms with Gasteiger partial charge in [0.05, 0.1) is 24.1 Å². The predicted molar refractivity (Wildman–Crippen MR) is 104 cm³/mol. The lowest BCUT2D eigenvalue weighted by Gasteiger charge is -2.21. The molecule has 0 radical (unpaired) electrons. The fraction of sp³-hybridized carbons (Fsp3) is 0.524. The number of esters is 1. The van der Waals surface area contributed by atoms with E-state index >= 15 is 0 Å². The lowest BCUT2D eigenvalue weighted by atomic mass is 9.81. The van der Waals surface area contributed by atoms with Crippen molar-refractivity contribution >= 4 is 29.4 Å². The van der Waals surface area contributed by atoms with E-state index in [1.54, 1.807) is 24.3 Å². The molecule has 1 aliphatic carbocycles. The van der Waals surface area contributed by atoms with Crippen molar-refractivity contribution in [1.29, 1.82) is 0 Å². The molecule has 1 N–H and O–H groups in total. The van der Waals surface area contributed by atoms with Crippen molar-refractivity contribution in [2.45, 2.75) is 45.6 Å². The third-order valence-corrected chi connectivity index (χ3v) is 5.41. The van der Waals surface area contributed by atoms with E-state index in [-0.39, 0.29) is 23.7 Å². The Morgan fingerprint density at radius 1 is 1.14 bits per heavy atom. The standard InChI is InChI=1S/C21H26N2O6/c1-3-28-17-11-7-6-10-16(17)22-18(24)12-29-21(27)13(2)23-19(25)14-8-4-5-9-15(14)20(23)26/h6-7,10-11,13-15H,3-5,8-9,12H2,1-2H3,(H,22,24)/t13-,14-,15+/m0/s1. The number of ether oxygens (including phenoxy) is 2. The second-order valence-electron chi connectivity index (χ2n) is 7.30. The SMILES string of the molecule is CCOc1ccccc1NC(=O)COC(=O)[C@H](C)N1C(=O)[C@H]2CCCC[C@H]2C1=O. The highest BCUT2D eigenvalue weighted by molar-refractivity contribution is 6.08. The molecule has 1 aliphatic heterocycles. The first-order chi connectivity index (χ1) is 13.9. The number of para-hydroxylation sites is 2. The molecule has 1 aromatic rings. The van der Waals surface area contributed by atoms with Gasteiger partial charge in [-0.2, -0.15) is 0 Å². The first-order valence-electron chi connectivity index (χ1n) is 9.99. The van der Waals surface area contributed by atoms with Crippen LogP contribution in [0.4, 0.5) is 5.69 Å². The second-order valence-corrected chi connectivity index (χ2v) is 7.30. The molecule has 1 saturated heterocycles. The van der Waals surface area contributed by atoms with Crippen molar-refractivity contribution < 1.29 is 28.7 Å². The van der Waals surface area contributed by atoms with Gasteiger partial charge in [-0.15, -0.1) is 0 Å². The van der Waals surface area contributed by atoms with Gasteiger partial charge in [0.25, 0.3) is 5.91 Å². The van der Waals surface area contributed by atoms with E-state index in [0.29, 0.717) is 30.9 Å². The van der Waals surface area contributed by atoms with Crippen molar-refractivity contribution in [1.82, 2.24) is 4.90 Å². The highest BCUT2D eigenvalue weighted by Gasteiger charge is 2.51. The third kappa shape index (κ3) is 4.41. The number of hydrogen-bond donors (Lipinski definition) is 1. The number of nitrogens with one attached hydrogen (secondary N) is 1. The monoisotopic (exact) mass is 402 g/mol. The summed E-state index contributed by atoms with van der Waals surface area (Å²) in [6.45, 7) is 3.21. The maximum Gasteiger partial charge on any atom is 0.329 e. The summed E-state index contributed by atoms with van der Waals surface area (Å²) in [7, 11) is 0. The van der Waals surface area contributed by atoms with Crippen molar-refractivity contribution in [3.63, 3.8) is 0 Å². The van der Waals surface area contributed by atoms with E-state index in [1.165, 1.54) is 6.92 Å². The number of carbonyl (C=O) groups excluding carboxylic acids is 4. The summed E-state index contributed by atoms with van der Waals surface area (Å²) in [4.78, 5) is 50.7. The fourth-order valence-corrected chi connectivity index (χ4v) is 3.97. The number of nitrogens with zero attached hydrogens (tertiary/aromatic N) is 1. The van der Waals surface area contributed by atoms with Crippen LogP contribution in [0.2, 0.25) is 0 Å². The van der Waals surface area contributed by atoms with Gasteiger partial charge in [-0.1, -0.05) is 25.0 Å². The van der Waals surface area contributed by atoms with Gasteiger partial charge in [0.2, 0.25) is 11.8 Å². The van der Waals surface area contributed by atoms with E-state index in [4.69, 9.17) is 9.47 Å². The molecule has 3 atom stereocenters. The highest BCUT2D eigenvalue weighted by Crippen LogP contribution is 2.38. The zero-order valence-corrected chi connectivity index (χ0v) is 16.7. The lowest BCUT2D eigenvalue weighted by molar-refractivity contribution is -0.159. The Bertz CT molecular complexity index is 784. The normalized spacial score (nSPS) is 22.1. The molecule has 2 fully saturated rings. The van der Waals surface area contributed by atoms with Crippen molar-refractivity contribution in [3.05, 3.63) is 24.3 Å². The minimum Gasteiger partial charge on any atom is -0.492 e. The fourth-order valence-electron chi connectivity index (χ4n) is 3.97. The summed E-state index contributed by atoms with van der Waals surface area (Å²) in [5, 5.41) is 2.63. The van der Waals surface area contributed by atoms with Crippen LogP contribution in [0.25, 0.3) is 0 Å². The van der Waals surface area contributed by atoms with Crippen LogP contribution in [0.15, 0.2) is 24.3 Å². The molecule has 3 amide bonds. The van der Waals surface area contributed by atoms with Crippen LogP contribution >= 0.6 is 0 Å². The molecule has 29 heavy (non-hydrogen) atoms. The number of benzene rings is 1. The van der Waals surface area contributed by atoms with Gasteiger partial charge >= 0.3 is 5.97 Å². The average Bonchev–Trinajstić information content (AvgIpc) is 2.98. The van der Waals surface area contributed by atoms with Gasteiger partial charge in [-0.25, -0.2) is 4.79 Å². The largest absolute Gasteiger partial charge is 0.492 e. The summed E-state index contributed by atoms with van der Waals surface area (Å²) in [6.07, 6.45) is 3.18. The smallest absolute Gasteiger partial charge is 0.329 e. The van der Waals surface area contributed by atoms with Gasteiger partial charge < -0.3 is 14.8 Å². The Morgan fingerprint density at radius 3 is 2.38 bits per heavy atom. The van der Waals surface area contributed by atoms with Crippen LogP contribution < -0.4 is 10.1 Å². The number of fused-ring (bicyclic) bond motifs is 1. The van der Waals surface area contributed by atoms with Gasteiger partial charge in [0.1, 0.15) is 11.8 Å². The van der Waals surface area contributed by atoms with Gasteiger partial charge in [-0.3, -0.25) is 19.3 Å². The van der Waals surface area contributed by atoms with Crippen molar-refractivity contribution in [2.24, 2.45) is 11.8 Å². The van der Waals surface area contributed by atoms with Gasteiger partial charge in [0.15, 0.2) is 6.61 Å². The number of carbonyl (C=O) groups is 4. The maximum atomic E-state index is 12.6. The summed E-state index contributed by atoms with van der Waals surface area (Å²) >= 11 is 0. The number of rotatable bonds is 7. The summed E-state index contributed by atoms with van der Waals surface area (Å²) in [6, 6.07) is 5.87. The third-order valence-electron chi connectivity index (χ3n) is 5.41. The lowest BCUT2D eigenvalue weighted by Crippen LogP contribution is -2.45. The zero-order valence-electron chi connectivity index (χ0n) is 16.7. The topological polar surface area (TPSA) is 102 Å². The molecule has 0 bridgehead atoms. The quantitative estimate of drug-likeness (QED) is 0.554. The van der Waals surface area contributed by atoms with Crippen LogP contribution in [0.1, 0.15) is 39.5 Å². The molecule has 8 nitrogen and oxygen atoms in total. The Hall–Kier alpha value is -2.90. The second kappa shape index (κ2) is 9.07. The molecule has 8 heteroatoms. The van der Waals surface area contributed by atoms with E-state index < -0.39 is 24.5 Å². The molecule has 1 saturated carbocycles. The molecule has 1 aromatic carbocycles. The molecule has 2 aliphatic rings. The number of hydrogen-bond acceptors (Lipinski definition) is 6. The maximum absolute atomic E-state index is 12.6. The van der Waals surface area contributed by atoms with Crippen molar-refractivity contribution in [2.75, 3.05) is 18.5 Å². The Kier molecular flexibility index (Phi) is 6.51. The van der Waals surface area contributed by atoms with E-state index in [9.17, 15) is 19.2 Å². The van der Waals surface area contributed by atoms with Crippen LogP contribution in [0.3, 0.4) is 0 Å². The molecule has 156 valence electrons. The molecular weight excluding hydrogens is 376 g/mol. The molecule has 1 heterocycles. The first kappa shape index (κ1) is 20.8. The number of imide groups is 1. The van der Waals surface area contributed by atoms with Crippen LogP contribution in [0.5, 0.6) is 5.75 Å². The van der Waals surface area contributed by atoms with Crippen molar-refractivity contribution in [3.8, 4) is 5.75 Å². The number of anilines is 1. The Balaban J connectivity index is 1.56. The molecule has 0 spiro atoms. The number of likely N-dealkylation sites (tertiary alicyclic amines) is 1. The van der Waals surface area contributed by atoms with Gasteiger partial charge in [-0.05, 0) is 38.8 Å². The summed E-state index contributed by atoms with van der Waals surface area (Å²) in [5.74, 6) is -2.07.